The zero-order valence-electron chi connectivity index (χ0n) is 11.7. The topological polar surface area (TPSA) is 52.6 Å². The van der Waals surface area contributed by atoms with Gasteiger partial charge >= 0.3 is 5.97 Å². The molecule has 0 aromatic heterocycles. The summed E-state index contributed by atoms with van der Waals surface area (Å²) < 4.78 is 0. The summed E-state index contributed by atoms with van der Waals surface area (Å²) in [6.07, 6.45) is 4.28. The van der Waals surface area contributed by atoms with Crippen LogP contribution in [0.5, 0.6) is 0 Å². The molecule has 4 nitrogen and oxygen atoms in total. The molecule has 0 spiro atoms. The molecule has 0 bridgehead atoms. The molecule has 1 aliphatic carbocycles. The number of nitrogens with zero attached hydrogens (tertiary/aromatic N) is 1. The van der Waals surface area contributed by atoms with Crippen LogP contribution in [0.3, 0.4) is 0 Å². The normalized spacial score (nSPS) is 21.0. The Bertz CT molecular complexity index is 458. The van der Waals surface area contributed by atoms with E-state index in [0.29, 0.717) is 12.6 Å². The molecule has 2 aliphatic rings. The Morgan fingerprint density at radius 3 is 2.35 bits per heavy atom. The van der Waals surface area contributed by atoms with Crippen LogP contribution in [0.4, 0.5) is 0 Å². The van der Waals surface area contributed by atoms with Crippen LogP contribution in [0.1, 0.15) is 24.0 Å². The number of carboxylic acids is 1. The second kappa shape index (κ2) is 5.94. The fraction of sp³-hybridized carbons (Fsp3) is 0.562. The molecule has 0 amide bonds. The summed E-state index contributed by atoms with van der Waals surface area (Å²) in [5.74, 6) is -0.723. The predicted octanol–water partition coefficient (Wildman–Crippen LogP) is 1.29. The molecule has 1 saturated carbocycles. The van der Waals surface area contributed by atoms with Gasteiger partial charge in [0.05, 0.1) is 0 Å². The van der Waals surface area contributed by atoms with Crippen molar-refractivity contribution in [2.45, 2.75) is 37.8 Å². The van der Waals surface area contributed by atoms with Crippen molar-refractivity contribution in [1.29, 1.82) is 0 Å². The molecule has 3 rings (SSSR count). The van der Waals surface area contributed by atoms with Gasteiger partial charge < -0.3 is 15.3 Å². The van der Waals surface area contributed by atoms with Crippen molar-refractivity contribution < 1.29 is 9.90 Å². The van der Waals surface area contributed by atoms with E-state index < -0.39 is 12.0 Å². The van der Waals surface area contributed by atoms with Gasteiger partial charge in [0, 0.05) is 25.7 Å². The van der Waals surface area contributed by atoms with Crippen molar-refractivity contribution in [3.63, 3.8) is 0 Å². The summed E-state index contributed by atoms with van der Waals surface area (Å²) in [7, 11) is 0. The van der Waals surface area contributed by atoms with Crippen molar-refractivity contribution in [2.24, 2.45) is 0 Å². The SMILES string of the molecule is O=C(O)C(CN1CCc2ccccc2CC1)NC1CC1. The molecule has 1 heterocycles. The highest BCUT2D eigenvalue weighted by molar-refractivity contribution is 5.73. The van der Waals surface area contributed by atoms with Crippen molar-refractivity contribution in [3.05, 3.63) is 35.4 Å². The van der Waals surface area contributed by atoms with Gasteiger partial charge in [0.2, 0.25) is 0 Å². The Balaban J connectivity index is 1.59. The number of carboxylic acid groups (broad SMARTS) is 1. The van der Waals surface area contributed by atoms with E-state index in [9.17, 15) is 9.90 Å². The van der Waals surface area contributed by atoms with Gasteiger partial charge in [-0.2, -0.15) is 0 Å². The van der Waals surface area contributed by atoms with Crippen molar-refractivity contribution >= 4 is 5.97 Å². The van der Waals surface area contributed by atoms with E-state index in [0.717, 1.165) is 38.8 Å². The van der Waals surface area contributed by atoms with E-state index in [1.165, 1.54) is 11.1 Å². The first-order valence-electron chi connectivity index (χ1n) is 7.50. The van der Waals surface area contributed by atoms with Gasteiger partial charge in [0.25, 0.3) is 0 Å². The predicted molar refractivity (Wildman–Crippen MR) is 77.9 cm³/mol. The van der Waals surface area contributed by atoms with E-state index >= 15 is 0 Å². The highest BCUT2D eigenvalue weighted by atomic mass is 16.4. The van der Waals surface area contributed by atoms with Crippen molar-refractivity contribution in [3.8, 4) is 0 Å². The van der Waals surface area contributed by atoms with Crippen LogP contribution in [0, 0.1) is 0 Å². The molecule has 1 aliphatic heterocycles. The van der Waals surface area contributed by atoms with Gasteiger partial charge in [-0.15, -0.1) is 0 Å². The Hall–Kier alpha value is -1.39. The number of fused-ring (bicyclic) bond motifs is 1. The summed E-state index contributed by atoms with van der Waals surface area (Å²) in [6, 6.07) is 8.56. The lowest BCUT2D eigenvalue weighted by Crippen LogP contribution is -2.47. The van der Waals surface area contributed by atoms with Gasteiger partial charge in [-0.05, 0) is 36.8 Å². The largest absolute Gasteiger partial charge is 0.480 e. The number of rotatable bonds is 5. The Kier molecular flexibility index (Phi) is 4.03. The van der Waals surface area contributed by atoms with E-state index in [-0.39, 0.29) is 0 Å². The second-order valence-corrected chi connectivity index (χ2v) is 5.90. The summed E-state index contributed by atoms with van der Waals surface area (Å²) in [6.45, 7) is 2.51. The number of hydrogen-bond donors (Lipinski definition) is 2. The summed E-state index contributed by atoms with van der Waals surface area (Å²) >= 11 is 0. The van der Waals surface area contributed by atoms with E-state index in [2.05, 4.69) is 34.5 Å². The minimum atomic E-state index is -0.723. The van der Waals surface area contributed by atoms with Crippen LogP contribution >= 0.6 is 0 Å². The average Bonchev–Trinajstić information content (AvgIpc) is 3.26. The first-order chi connectivity index (χ1) is 9.72. The molecule has 108 valence electrons. The Morgan fingerprint density at radius 2 is 1.85 bits per heavy atom. The zero-order chi connectivity index (χ0) is 13.9. The van der Waals surface area contributed by atoms with Crippen LogP contribution in [0.2, 0.25) is 0 Å². The van der Waals surface area contributed by atoms with Gasteiger partial charge in [-0.25, -0.2) is 0 Å². The van der Waals surface area contributed by atoms with E-state index in [4.69, 9.17) is 0 Å². The van der Waals surface area contributed by atoms with E-state index in [1.54, 1.807) is 0 Å². The molecule has 1 fully saturated rings. The summed E-state index contributed by atoms with van der Waals surface area (Å²) in [5, 5.41) is 12.6. The number of nitrogens with one attached hydrogen (secondary N) is 1. The maximum atomic E-state index is 11.4. The monoisotopic (exact) mass is 274 g/mol. The molecule has 1 atom stereocenters. The van der Waals surface area contributed by atoms with Crippen LogP contribution < -0.4 is 5.32 Å². The molecule has 1 aromatic carbocycles. The van der Waals surface area contributed by atoms with Gasteiger partial charge in [-0.1, -0.05) is 24.3 Å². The quantitative estimate of drug-likeness (QED) is 0.849. The van der Waals surface area contributed by atoms with Crippen molar-refractivity contribution in [2.75, 3.05) is 19.6 Å². The third-order valence-corrected chi connectivity index (χ3v) is 4.27. The van der Waals surface area contributed by atoms with Crippen molar-refractivity contribution in [1.82, 2.24) is 10.2 Å². The number of benzene rings is 1. The molecule has 0 radical (unpaired) electrons. The first-order valence-corrected chi connectivity index (χ1v) is 7.50. The number of hydrogen-bond acceptors (Lipinski definition) is 3. The third kappa shape index (κ3) is 3.38. The standard InChI is InChI=1S/C16H22N2O2/c19-16(20)15(17-14-5-6-14)11-18-9-7-12-3-1-2-4-13(12)8-10-18/h1-4,14-15,17H,5-11H2,(H,19,20). The second-order valence-electron chi connectivity index (χ2n) is 5.90. The number of carbonyl (C=O) groups is 1. The van der Waals surface area contributed by atoms with Crippen LogP contribution in [-0.4, -0.2) is 47.7 Å². The molecule has 2 N–H and O–H groups in total. The molecule has 1 unspecified atom stereocenters. The van der Waals surface area contributed by atoms with Gasteiger partial charge in [-0.3, -0.25) is 4.79 Å². The summed E-state index contributed by atoms with van der Waals surface area (Å²) in [5.41, 5.74) is 2.83. The molecular formula is C16H22N2O2. The zero-order valence-corrected chi connectivity index (χ0v) is 11.7. The van der Waals surface area contributed by atoms with E-state index in [1.807, 2.05) is 0 Å². The Labute approximate surface area is 119 Å². The fourth-order valence-electron chi connectivity index (χ4n) is 2.89. The third-order valence-electron chi connectivity index (χ3n) is 4.27. The molecule has 20 heavy (non-hydrogen) atoms. The first kappa shape index (κ1) is 13.6. The highest BCUT2D eigenvalue weighted by Crippen LogP contribution is 2.20. The highest BCUT2D eigenvalue weighted by Gasteiger charge is 2.29. The molecular weight excluding hydrogens is 252 g/mol. The maximum Gasteiger partial charge on any atom is 0.322 e. The molecule has 0 saturated heterocycles. The van der Waals surface area contributed by atoms with Gasteiger partial charge in [0.15, 0.2) is 0 Å². The average molecular weight is 274 g/mol. The summed E-state index contributed by atoms with van der Waals surface area (Å²) in [4.78, 5) is 13.6. The van der Waals surface area contributed by atoms with Gasteiger partial charge in [0.1, 0.15) is 6.04 Å². The Morgan fingerprint density at radius 1 is 1.25 bits per heavy atom. The lowest BCUT2D eigenvalue weighted by molar-refractivity contribution is -0.140. The minimum Gasteiger partial charge on any atom is -0.480 e. The molecule has 1 aromatic rings. The fourth-order valence-corrected chi connectivity index (χ4v) is 2.89. The number of aliphatic carboxylic acids is 1. The maximum absolute atomic E-state index is 11.4. The minimum absolute atomic E-state index is 0.427. The lowest BCUT2D eigenvalue weighted by Gasteiger charge is -2.24. The van der Waals surface area contributed by atoms with Crippen LogP contribution in [-0.2, 0) is 17.6 Å². The smallest absolute Gasteiger partial charge is 0.322 e. The van der Waals surface area contributed by atoms with Crippen LogP contribution in [0.15, 0.2) is 24.3 Å². The molecule has 4 heteroatoms. The lowest BCUT2D eigenvalue weighted by atomic mass is 10.0. The van der Waals surface area contributed by atoms with Crippen LogP contribution in [0.25, 0.3) is 0 Å².